The van der Waals surface area contributed by atoms with Gasteiger partial charge in [0.25, 0.3) is 0 Å². The van der Waals surface area contributed by atoms with Gasteiger partial charge < -0.3 is 20.8 Å². The van der Waals surface area contributed by atoms with E-state index in [4.69, 9.17) is 4.98 Å². The number of aliphatic hydroxyl groups is 2. The summed E-state index contributed by atoms with van der Waals surface area (Å²) in [6, 6.07) is 4.78. The summed E-state index contributed by atoms with van der Waals surface area (Å²) in [7, 11) is 0. The molecule has 0 saturated heterocycles. The zero-order valence-corrected chi connectivity index (χ0v) is 18.7. The summed E-state index contributed by atoms with van der Waals surface area (Å²) in [6.07, 6.45) is 4.15. The van der Waals surface area contributed by atoms with Crippen molar-refractivity contribution in [3.8, 4) is 0 Å². The van der Waals surface area contributed by atoms with Crippen LogP contribution in [0, 0.1) is 6.92 Å². The van der Waals surface area contributed by atoms with Gasteiger partial charge in [-0.1, -0.05) is 0 Å². The third-order valence-electron chi connectivity index (χ3n) is 5.49. The minimum Gasteiger partial charge on any atom is -0.395 e. The lowest BCUT2D eigenvalue weighted by Gasteiger charge is -2.36. The fraction of sp³-hybridized carbons (Fsp3) is 0.550. The molecule has 0 radical (unpaired) electrons. The smallest absolute Gasteiger partial charge is 0.230 e. The fourth-order valence-electron chi connectivity index (χ4n) is 4.06. The number of rotatable bonds is 9. The maximum atomic E-state index is 9.30. The molecule has 3 heterocycles. The Morgan fingerprint density at radius 1 is 1.13 bits per heavy atom. The van der Waals surface area contributed by atoms with Crippen LogP contribution in [0.15, 0.2) is 17.5 Å². The van der Waals surface area contributed by atoms with Crippen molar-refractivity contribution >= 4 is 49.9 Å². The molecule has 10 heteroatoms. The fourth-order valence-corrected chi connectivity index (χ4v) is 5.50. The first-order valence-electron chi connectivity index (χ1n) is 10.3. The van der Waals surface area contributed by atoms with E-state index in [-0.39, 0.29) is 13.2 Å². The van der Waals surface area contributed by atoms with Crippen molar-refractivity contribution in [3.05, 3.63) is 23.2 Å². The first-order chi connectivity index (χ1) is 14.7. The van der Waals surface area contributed by atoms with Gasteiger partial charge in [-0.3, -0.25) is 4.90 Å². The van der Waals surface area contributed by atoms with Gasteiger partial charge in [0.15, 0.2) is 0 Å². The maximum Gasteiger partial charge on any atom is 0.230 e. The molecule has 1 fully saturated rings. The van der Waals surface area contributed by atoms with E-state index in [2.05, 4.69) is 24.9 Å². The molecule has 162 valence electrons. The number of aromatic nitrogens is 3. The number of nitrogens with zero attached hydrogens (tertiary/aromatic N) is 4. The molecule has 0 unspecified atom stereocenters. The van der Waals surface area contributed by atoms with Crippen molar-refractivity contribution in [2.75, 3.05) is 36.9 Å². The van der Waals surface area contributed by atoms with E-state index in [9.17, 15) is 10.2 Å². The van der Waals surface area contributed by atoms with Crippen molar-refractivity contribution in [2.24, 2.45) is 0 Å². The van der Waals surface area contributed by atoms with Crippen molar-refractivity contribution in [2.45, 2.75) is 44.7 Å². The van der Waals surface area contributed by atoms with Crippen LogP contribution in [0.3, 0.4) is 0 Å². The second kappa shape index (κ2) is 9.97. The second-order valence-electron chi connectivity index (χ2n) is 7.62. The summed E-state index contributed by atoms with van der Waals surface area (Å²) in [5.41, 5.74) is 1.91. The van der Waals surface area contributed by atoms with Gasteiger partial charge in [-0.15, -0.1) is 11.3 Å². The summed E-state index contributed by atoms with van der Waals surface area (Å²) in [4.78, 5) is 11.6. The molecular formula is C20H28N6O2S2. The monoisotopic (exact) mass is 448 g/mol. The van der Waals surface area contributed by atoms with Crippen LogP contribution < -0.4 is 10.6 Å². The topological polar surface area (TPSA) is 106 Å². The Bertz CT molecular complexity index is 948. The first kappa shape index (κ1) is 21.4. The Labute approximate surface area is 184 Å². The molecule has 0 aliphatic heterocycles. The molecule has 0 amide bonds. The number of thiophene rings is 1. The lowest BCUT2D eigenvalue weighted by molar-refractivity contribution is 0.0992. The van der Waals surface area contributed by atoms with E-state index < -0.39 is 0 Å². The third kappa shape index (κ3) is 5.06. The SMILES string of the molecule is Cc1cc(Nc2nc(N[C@H]3CC[C@H](N(CCO)CCO)CC3)c3sccc3n2)sn1. The molecule has 30 heavy (non-hydrogen) atoms. The predicted molar refractivity (Wildman–Crippen MR) is 123 cm³/mol. The molecule has 0 spiro atoms. The normalized spacial score (nSPS) is 19.5. The molecule has 0 aromatic carbocycles. The average Bonchev–Trinajstić information content (AvgIpc) is 3.37. The van der Waals surface area contributed by atoms with Crippen molar-refractivity contribution < 1.29 is 10.2 Å². The van der Waals surface area contributed by atoms with Crippen LogP contribution in [0.2, 0.25) is 0 Å². The molecule has 0 bridgehead atoms. The molecule has 4 rings (SSSR count). The zero-order chi connectivity index (χ0) is 20.9. The zero-order valence-electron chi connectivity index (χ0n) is 17.0. The van der Waals surface area contributed by atoms with Gasteiger partial charge >= 0.3 is 0 Å². The third-order valence-corrected chi connectivity index (χ3v) is 7.20. The summed E-state index contributed by atoms with van der Waals surface area (Å²) in [5, 5.41) is 28.5. The van der Waals surface area contributed by atoms with Crippen LogP contribution in [0.1, 0.15) is 31.4 Å². The van der Waals surface area contributed by atoms with Gasteiger partial charge in [0.05, 0.1) is 29.1 Å². The number of hydrogen-bond acceptors (Lipinski definition) is 10. The van der Waals surface area contributed by atoms with Crippen molar-refractivity contribution in [1.29, 1.82) is 0 Å². The minimum atomic E-state index is 0.129. The number of aryl methyl sites for hydroxylation is 1. The summed E-state index contributed by atoms with van der Waals surface area (Å²) in [6.45, 7) is 3.47. The van der Waals surface area contributed by atoms with Crippen LogP contribution in [0.25, 0.3) is 10.2 Å². The lowest BCUT2D eigenvalue weighted by Crippen LogP contribution is -2.43. The number of anilines is 3. The number of fused-ring (bicyclic) bond motifs is 1. The molecule has 0 atom stereocenters. The summed E-state index contributed by atoms with van der Waals surface area (Å²) < 4.78 is 5.38. The Hall–Kier alpha value is -1.85. The highest BCUT2D eigenvalue weighted by molar-refractivity contribution is 7.17. The van der Waals surface area contributed by atoms with Crippen LogP contribution in [0.5, 0.6) is 0 Å². The molecule has 1 aliphatic carbocycles. The van der Waals surface area contributed by atoms with E-state index in [1.807, 2.05) is 24.4 Å². The van der Waals surface area contributed by atoms with Crippen LogP contribution in [-0.4, -0.2) is 67.8 Å². The first-order valence-corrected chi connectivity index (χ1v) is 12.0. The van der Waals surface area contributed by atoms with Crippen molar-refractivity contribution in [3.63, 3.8) is 0 Å². The van der Waals surface area contributed by atoms with Gasteiger partial charge in [-0.05, 0) is 61.7 Å². The van der Waals surface area contributed by atoms with Crippen molar-refractivity contribution in [1.82, 2.24) is 19.2 Å². The number of aliphatic hydroxyl groups excluding tert-OH is 2. The predicted octanol–water partition coefficient (Wildman–Crippen LogP) is 3.21. The maximum absolute atomic E-state index is 9.30. The molecule has 3 aromatic rings. The number of hydrogen-bond donors (Lipinski definition) is 4. The Balaban J connectivity index is 1.44. The molecular weight excluding hydrogens is 420 g/mol. The molecule has 4 N–H and O–H groups in total. The lowest BCUT2D eigenvalue weighted by atomic mass is 9.90. The largest absolute Gasteiger partial charge is 0.395 e. The second-order valence-corrected chi connectivity index (χ2v) is 9.34. The van der Waals surface area contributed by atoms with Crippen LogP contribution in [-0.2, 0) is 0 Å². The van der Waals surface area contributed by atoms with E-state index in [1.54, 1.807) is 11.3 Å². The van der Waals surface area contributed by atoms with Gasteiger partial charge in [0, 0.05) is 25.2 Å². The van der Waals surface area contributed by atoms with E-state index in [1.165, 1.54) is 11.5 Å². The standard InChI is InChI=1S/C20H28N6O2S2/c1-13-12-17(30-25-13)23-20-22-16-6-11-29-18(16)19(24-20)21-14-2-4-15(5-3-14)26(7-9-27)8-10-28/h6,11-12,14-15,27-28H,2-5,7-10H2,1H3,(H2,21,22,23,24)/t14-,15-. The van der Waals surface area contributed by atoms with Gasteiger partial charge in [-0.25, -0.2) is 4.98 Å². The summed E-state index contributed by atoms with van der Waals surface area (Å²) in [5.74, 6) is 1.46. The van der Waals surface area contributed by atoms with Crippen LogP contribution >= 0.6 is 22.9 Å². The van der Waals surface area contributed by atoms with E-state index in [0.29, 0.717) is 31.1 Å². The highest BCUT2D eigenvalue weighted by atomic mass is 32.1. The van der Waals surface area contributed by atoms with E-state index in [0.717, 1.165) is 52.4 Å². The van der Waals surface area contributed by atoms with Gasteiger partial charge in [-0.2, -0.15) is 9.36 Å². The highest BCUT2D eigenvalue weighted by Crippen LogP contribution is 2.32. The van der Waals surface area contributed by atoms with E-state index >= 15 is 0 Å². The number of nitrogens with one attached hydrogen (secondary N) is 2. The van der Waals surface area contributed by atoms with Gasteiger partial charge in [0.1, 0.15) is 10.8 Å². The van der Waals surface area contributed by atoms with Crippen LogP contribution in [0.4, 0.5) is 16.8 Å². The Kier molecular flexibility index (Phi) is 7.11. The molecule has 3 aromatic heterocycles. The Morgan fingerprint density at radius 3 is 2.57 bits per heavy atom. The highest BCUT2D eigenvalue weighted by Gasteiger charge is 2.26. The quantitative estimate of drug-likeness (QED) is 0.395. The van der Waals surface area contributed by atoms with Gasteiger partial charge in [0.2, 0.25) is 5.95 Å². The minimum absolute atomic E-state index is 0.129. The summed E-state index contributed by atoms with van der Waals surface area (Å²) >= 11 is 3.06. The average molecular weight is 449 g/mol. The molecule has 1 saturated carbocycles. The Morgan fingerprint density at radius 2 is 1.90 bits per heavy atom. The molecule has 1 aliphatic rings. The molecule has 8 nitrogen and oxygen atoms in total.